The predicted molar refractivity (Wildman–Crippen MR) is 80.0 cm³/mol. The molecule has 0 aromatic heterocycles. The van der Waals surface area contributed by atoms with Gasteiger partial charge in [0.2, 0.25) is 0 Å². The Bertz CT molecular complexity index is 488. The fraction of sp³-hybridized carbons (Fsp3) is 0.533. The van der Waals surface area contributed by atoms with Crippen molar-refractivity contribution in [3.63, 3.8) is 0 Å². The Morgan fingerprint density at radius 3 is 2.90 bits per heavy atom. The van der Waals surface area contributed by atoms with Crippen LogP contribution in [0.2, 0.25) is 0 Å². The molecule has 0 saturated carbocycles. The molecule has 0 aliphatic carbocycles. The van der Waals surface area contributed by atoms with Gasteiger partial charge < -0.3 is 20.6 Å². The summed E-state index contributed by atoms with van der Waals surface area (Å²) in [5.41, 5.74) is 3.34. The number of nitrogens with zero attached hydrogens (tertiary/aromatic N) is 1. The number of carbonyl (C=O) groups excluding carboxylic acids is 1. The van der Waals surface area contributed by atoms with Crippen LogP contribution in [0.25, 0.3) is 0 Å². The van der Waals surface area contributed by atoms with Crippen LogP contribution < -0.4 is 15.5 Å². The SMILES string of the molecule is CC(C)NC(=O)NCC(O)c1ccc2c(c1)CCN2C. The van der Waals surface area contributed by atoms with Crippen LogP contribution in [0.4, 0.5) is 10.5 Å². The lowest BCUT2D eigenvalue weighted by Gasteiger charge is -2.16. The maximum Gasteiger partial charge on any atom is 0.315 e. The number of carbonyl (C=O) groups is 1. The van der Waals surface area contributed by atoms with E-state index in [9.17, 15) is 9.90 Å². The fourth-order valence-corrected chi connectivity index (χ4v) is 2.41. The number of rotatable bonds is 4. The third-order valence-electron chi connectivity index (χ3n) is 3.49. The summed E-state index contributed by atoms with van der Waals surface area (Å²) < 4.78 is 0. The zero-order valence-corrected chi connectivity index (χ0v) is 12.3. The van der Waals surface area contributed by atoms with Crippen molar-refractivity contribution in [2.75, 3.05) is 25.0 Å². The molecule has 3 N–H and O–H groups in total. The van der Waals surface area contributed by atoms with Crippen LogP contribution in [0.5, 0.6) is 0 Å². The van der Waals surface area contributed by atoms with Crippen molar-refractivity contribution in [2.45, 2.75) is 32.4 Å². The number of fused-ring (bicyclic) bond motifs is 1. The lowest BCUT2D eigenvalue weighted by atomic mass is 10.0. The molecule has 1 aliphatic rings. The Kier molecular flexibility index (Phi) is 4.49. The smallest absolute Gasteiger partial charge is 0.315 e. The number of nitrogens with one attached hydrogen (secondary N) is 2. The van der Waals surface area contributed by atoms with Crippen LogP contribution >= 0.6 is 0 Å². The number of benzene rings is 1. The van der Waals surface area contributed by atoms with Crippen molar-refractivity contribution < 1.29 is 9.90 Å². The van der Waals surface area contributed by atoms with Gasteiger partial charge in [0.15, 0.2) is 0 Å². The molecular formula is C15H23N3O2. The minimum absolute atomic E-state index is 0.0858. The molecule has 0 saturated heterocycles. The molecule has 2 rings (SSSR count). The van der Waals surface area contributed by atoms with Crippen molar-refractivity contribution in [3.05, 3.63) is 29.3 Å². The van der Waals surface area contributed by atoms with Gasteiger partial charge in [-0.25, -0.2) is 4.79 Å². The van der Waals surface area contributed by atoms with Crippen LogP contribution in [-0.4, -0.2) is 37.3 Å². The molecule has 0 spiro atoms. The number of urea groups is 1. The van der Waals surface area contributed by atoms with Crippen molar-refractivity contribution in [2.24, 2.45) is 0 Å². The summed E-state index contributed by atoms with van der Waals surface area (Å²) in [5, 5.41) is 15.6. The number of aliphatic hydroxyl groups excluding tert-OH is 1. The molecule has 5 heteroatoms. The highest BCUT2D eigenvalue weighted by Crippen LogP contribution is 2.29. The zero-order valence-electron chi connectivity index (χ0n) is 12.3. The Balaban J connectivity index is 1.93. The highest BCUT2D eigenvalue weighted by atomic mass is 16.3. The van der Waals surface area contributed by atoms with E-state index in [1.54, 1.807) is 0 Å². The second-order valence-corrected chi connectivity index (χ2v) is 5.58. The van der Waals surface area contributed by atoms with E-state index in [2.05, 4.69) is 22.6 Å². The number of aliphatic hydroxyl groups is 1. The predicted octanol–water partition coefficient (Wildman–Crippen LogP) is 1.42. The number of amides is 2. The molecule has 20 heavy (non-hydrogen) atoms. The Labute approximate surface area is 120 Å². The molecule has 0 radical (unpaired) electrons. The third kappa shape index (κ3) is 3.42. The number of hydrogen-bond acceptors (Lipinski definition) is 3. The minimum Gasteiger partial charge on any atom is -0.387 e. The molecule has 1 aliphatic heterocycles. The summed E-state index contributed by atoms with van der Waals surface area (Å²) in [6.07, 6.45) is 0.331. The molecular weight excluding hydrogens is 254 g/mol. The van der Waals surface area contributed by atoms with E-state index < -0.39 is 6.10 Å². The first-order valence-electron chi connectivity index (χ1n) is 7.03. The number of likely N-dealkylation sites (N-methyl/N-ethyl adjacent to an activating group) is 1. The molecule has 0 fully saturated rings. The van der Waals surface area contributed by atoms with Gasteiger partial charge in [0.05, 0.1) is 6.10 Å². The average molecular weight is 277 g/mol. The molecule has 1 atom stereocenters. The normalized spacial score (nSPS) is 15.2. The molecule has 0 bridgehead atoms. The highest BCUT2D eigenvalue weighted by molar-refractivity contribution is 5.74. The summed E-state index contributed by atoms with van der Waals surface area (Å²) in [6.45, 7) is 5.02. The van der Waals surface area contributed by atoms with Crippen LogP contribution in [0, 0.1) is 0 Å². The first kappa shape index (κ1) is 14.7. The minimum atomic E-state index is -0.677. The molecule has 110 valence electrons. The van der Waals surface area contributed by atoms with Gasteiger partial charge in [-0.1, -0.05) is 12.1 Å². The van der Waals surface area contributed by atoms with Gasteiger partial charge >= 0.3 is 6.03 Å². The number of hydrogen-bond donors (Lipinski definition) is 3. The van der Waals surface area contributed by atoms with Gasteiger partial charge in [0.25, 0.3) is 0 Å². The lowest BCUT2D eigenvalue weighted by molar-refractivity contribution is 0.172. The second kappa shape index (κ2) is 6.13. The number of anilines is 1. The molecule has 5 nitrogen and oxygen atoms in total. The largest absolute Gasteiger partial charge is 0.387 e. The van der Waals surface area contributed by atoms with E-state index in [0.717, 1.165) is 18.5 Å². The maximum absolute atomic E-state index is 11.5. The summed E-state index contributed by atoms with van der Waals surface area (Å²) in [7, 11) is 2.07. The van der Waals surface area contributed by atoms with E-state index in [1.807, 2.05) is 32.0 Å². The van der Waals surface area contributed by atoms with E-state index in [1.165, 1.54) is 11.3 Å². The van der Waals surface area contributed by atoms with Gasteiger partial charge in [0.1, 0.15) is 0 Å². The van der Waals surface area contributed by atoms with E-state index in [4.69, 9.17) is 0 Å². The molecule has 1 unspecified atom stereocenters. The van der Waals surface area contributed by atoms with Crippen LogP contribution in [-0.2, 0) is 6.42 Å². The van der Waals surface area contributed by atoms with Crippen molar-refractivity contribution in [1.29, 1.82) is 0 Å². The zero-order chi connectivity index (χ0) is 14.7. The van der Waals surface area contributed by atoms with Gasteiger partial charge in [-0.2, -0.15) is 0 Å². The van der Waals surface area contributed by atoms with E-state index in [-0.39, 0.29) is 18.6 Å². The Morgan fingerprint density at radius 1 is 1.45 bits per heavy atom. The summed E-state index contributed by atoms with van der Waals surface area (Å²) >= 11 is 0. The van der Waals surface area contributed by atoms with Gasteiger partial charge in [-0.05, 0) is 37.5 Å². The van der Waals surface area contributed by atoms with Gasteiger partial charge in [0, 0.05) is 31.9 Å². The lowest BCUT2D eigenvalue weighted by Crippen LogP contribution is -2.41. The van der Waals surface area contributed by atoms with Crippen molar-refractivity contribution in [3.8, 4) is 0 Å². The van der Waals surface area contributed by atoms with Crippen molar-refractivity contribution in [1.82, 2.24) is 10.6 Å². The van der Waals surface area contributed by atoms with Gasteiger partial charge in [-0.15, -0.1) is 0 Å². The van der Waals surface area contributed by atoms with E-state index in [0.29, 0.717) is 0 Å². The summed E-state index contributed by atoms with van der Waals surface area (Å²) in [4.78, 5) is 13.7. The van der Waals surface area contributed by atoms with Gasteiger partial charge in [-0.3, -0.25) is 0 Å². The van der Waals surface area contributed by atoms with Crippen LogP contribution in [0.15, 0.2) is 18.2 Å². The molecule has 1 aromatic rings. The Hall–Kier alpha value is -1.75. The highest BCUT2D eigenvalue weighted by Gasteiger charge is 2.18. The first-order valence-corrected chi connectivity index (χ1v) is 7.03. The monoisotopic (exact) mass is 277 g/mol. The third-order valence-corrected chi connectivity index (χ3v) is 3.49. The van der Waals surface area contributed by atoms with Crippen LogP contribution in [0.1, 0.15) is 31.1 Å². The summed E-state index contributed by atoms with van der Waals surface area (Å²) in [5.74, 6) is 0. The summed E-state index contributed by atoms with van der Waals surface area (Å²) in [6, 6.07) is 5.83. The Morgan fingerprint density at radius 2 is 2.20 bits per heavy atom. The molecule has 2 amide bonds. The quantitative estimate of drug-likeness (QED) is 0.780. The topological polar surface area (TPSA) is 64.6 Å². The van der Waals surface area contributed by atoms with Crippen molar-refractivity contribution >= 4 is 11.7 Å². The first-order chi connectivity index (χ1) is 9.47. The standard InChI is InChI=1S/C15H23N3O2/c1-10(2)17-15(20)16-9-14(19)12-4-5-13-11(8-12)6-7-18(13)3/h4-5,8,10,14,19H,6-7,9H2,1-3H3,(H2,16,17,20). The van der Waals surface area contributed by atoms with E-state index >= 15 is 0 Å². The average Bonchev–Trinajstić information content (AvgIpc) is 2.76. The maximum atomic E-state index is 11.5. The molecule has 1 aromatic carbocycles. The fourth-order valence-electron chi connectivity index (χ4n) is 2.41. The molecule has 1 heterocycles. The van der Waals surface area contributed by atoms with Crippen LogP contribution in [0.3, 0.4) is 0 Å². The second-order valence-electron chi connectivity index (χ2n) is 5.58.